The van der Waals surface area contributed by atoms with E-state index in [1.807, 2.05) is 4.52 Å². The summed E-state index contributed by atoms with van der Waals surface area (Å²) in [5.41, 5.74) is 2.51. The Morgan fingerprint density at radius 2 is 1.79 bits per heavy atom. The summed E-state index contributed by atoms with van der Waals surface area (Å²) in [4.78, 5) is 3.27. The van der Waals surface area contributed by atoms with Gasteiger partial charge in [0.15, 0.2) is 5.82 Å². The summed E-state index contributed by atoms with van der Waals surface area (Å²) in [6.07, 6.45) is 2.26. The third-order valence-corrected chi connectivity index (χ3v) is 5.87. The van der Waals surface area contributed by atoms with Gasteiger partial charge in [0.25, 0.3) is 0 Å². The van der Waals surface area contributed by atoms with Crippen molar-refractivity contribution in [3.63, 3.8) is 0 Å². The first-order chi connectivity index (χ1) is 11.6. The number of hydrogen-bond acceptors (Lipinski definition) is 5. The third-order valence-electron chi connectivity index (χ3n) is 4.92. The molecule has 0 unspecified atom stereocenters. The minimum absolute atomic E-state index is 0.467. The normalized spacial score (nSPS) is 17.2. The predicted octanol–water partition coefficient (Wildman–Crippen LogP) is 3.79. The van der Waals surface area contributed by atoms with Gasteiger partial charge in [-0.15, -0.1) is 10.2 Å². The average Bonchev–Trinajstić information content (AvgIpc) is 3.16. The van der Waals surface area contributed by atoms with Crippen LogP contribution in [0.1, 0.15) is 49.9 Å². The fourth-order valence-corrected chi connectivity index (χ4v) is 4.13. The van der Waals surface area contributed by atoms with Gasteiger partial charge in [0.2, 0.25) is 4.96 Å². The third kappa shape index (κ3) is 2.84. The highest BCUT2D eigenvalue weighted by Crippen LogP contribution is 2.31. The Morgan fingerprint density at radius 1 is 1.08 bits per heavy atom. The Balaban J connectivity index is 1.64. The van der Waals surface area contributed by atoms with Crippen LogP contribution in [0.4, 0.5) is 0 Å². The van der Waals surface area contributed by atoms with Crippen LogP contribution >= 0.6 is 11.3 Å². The second-order valence-electron chi connectivity index (χ2n) is 7.01. The van der Waals surface area contributed by atoms with Crippen molar-refractivity contribution in [2.24, 2.45) is 0 Å². The summed E-state index contributed by atoms with van der Waals surface area (Å²) in [6, 6.07) is 8.72. The maximum Gasteiger partial charge on any atom is 0.234 e. The van der Waals surface area contributed by atoms with E-state index in [-0.39, 0.29) is 0 Å². The number of nitrogens with zero attached hydrogens (tertiary/aromatic N) is 5. The summed E-state index contributed by atoms with van der Waals surface area (Å²) >= 11 is 1.62. The molecule has 4 rings (SSSR count). The molecule has 0 atom stereocenters. The van der Waals surface area contributed by atoms with E-state index in [4.69, 9.17) is 5.10 Å². The molecule has 6 heteroatoms. The summed E-state index contributed by atoms with van der Waals surface area (Å²) in [7, 11) is 2.18. The molecule has 3 aromatic rings. The van der Waals surface area contributed by atoms with Gasteiger partial charge >= 0.3 is 0 Å². The molecule has 5 nitrogen and oxygen atoms in total. The van der Waals surface area contributed by atoms with Crippen LogP contribution in [0.5, 0.6) is 0 Å². The van der Waals surface area contributed by atoms with Crippen molar-refractivity contribution < 1.29 is 0 Å². The lowest BCUT2D eigenvalue weighted by molar-refractivity contribution is 0.250. The van der Waals surface area contributed by atoms with Gasteiger partial charge in [-0.05, 0) is 44.5 Å². The number of fused-ring (bicyclic) bond motifs is 1. The van der Waals surface area contributed by atoms with E-state index >= 15 is 0 Å². The lowest BCUT2D eigenvalue weighted by Gasteiger charge is -2.27. The number of likely N-dealkylation sites (tertiary alicyclic amines) is 1. The first kappa shape index (κ1) is 15.7. The van der Waals surface area contributed by atoms with Crippen LogP contribution in [0.15, 0.2) is 24.3 Å². The van der Waals surface area contributed by atoms with Gasteiger partial charge in [0.1, 0.15) is 5.01 Å². The van der Waals surface area contributed by atoms with Gasteiger partial charge in [0.05, 0.1) is 0 Å². The minimum atomic E-state index is 0.467. The number of rotatable bonds is 3. The molecular weight excluding hydrogens is 318 g/mol. The molecule has 1 aromatic carbocycles. The second-order valence-corrected chi connectivity index (χ2v) is 7.97. The molecule has 1 aliphatic rings. The fourth-order valence-electron chi connectivity index (χ4n) is 3.28. The van der Waals surface area contributed by atoms with Crippen molar-refractivity contribution in [3.8, 4) is 10.6 Å². The molecular formula is C18H23N5S. The fraction of sp³-hybridized carbons (Fsp3) is 0.500. The van der Waals surface area contributed by atoms with E-state index in [1.165, 1.54) is 5.56 Å². The van der Waals surface area contributed by atoms with Gasteiger partial charge in [-0.25, -0.2) is 0 Å². The summed E-state index contributed by atoms with van der Waals surface area (Å²) in [5, 5.41) is 14.6. The van der Waals surface area contributed by atoms with Crippen LogP contribution < -0.4 is 0 Å². The van der Waals surface area contributed by atoms with E-state index < -0.39 is 0 Å². The Morgan fingerprint density at radius 3 is 2.46 bits per heavy atom. The van der Waals surface area contributed by atoms with Crippen molar-refractivity contribution in [3.05, 3.63) is 35.7 Å². The monoisotopic (exact) mass is 341 g/mol. The average molecular weight is 341 g/mol. The van der Waals surface area contributed by atoms with E-state index in [9.17, 15) is 0 Å². The van der Waals surface area contributed by atoms with E-state index in [1.54, 1.807) is 11.3 Å². The summed E-state index contributed by atoms with van der Waals surface area (Å²) in [6.45, 7) is 6.67. The lowest BCUT2D eigenvalue weighted by atomic mass is 9.96. The first-order valence-corrected chi connectivity index (χ1v) is 9.44. The van der Waals surface area contributed by atoms with Gasteiger partial charge in [0, 0.05) is 11.5 Å². The van der Waals surface area contributed by atoms with Gasteiger partial charge < -0.3 is 4.90 Å². The number of benzene rings is 1. The Hall–Kier alpha value is -1.79. The number of piperidine rings is 1. The highest BCUT2D eigenvalue weighted by molar-refractivity contribution is 7.19. The molecule has 0 amide bonds. The molecule has 24 heavy (non-hydrogen) atoms. The summed E-state index contributed by atoms with van der Waals surface area (Å²) in [5.74, 6) is 2.04. The lowest BCUT2D eigenvalue weighted by Crippen LogP contribution is -2.30. The topological polar surface area (TPSA) is 46.3 Å². The maximum absolute atomic E-state index is 4.81. The van der Waals surface area contributed by atoms with Crippen LogP contribution in [0.3, 0.4) is 0 Å². The molecule has 1 aliphatic heterocycles. The zero-order valence-electron chi connectivity index (χ0n) is 14.4. The molecule has 0 saturated carbocycles. The molecule has 2 aromatic heterocycles. The van der Waals surface area contributed by atoms with Crippen molar-refractivity contribution in [2.45, 2.75) is 38.5 Å². The Labute approximate surface area is 146 Å². The Bertz CT molecular complexity index is 825. The van der Waals surface area contributed by atoms with Crippen molar-refractivity contribution >= 4 is 16.3 Å². The smallest absolute Gasteiger partial charge is 0.234 e. The van der Waals surface area contributed by atoms with Crippen molar-refractivity contribution in [1.82, 2.24) is 24.7 Å². The molecule has 1 fully saturated rings. The van der Waals surface area contributed by atoms with Crippen LogP contribution in [-0.2, 0) is 0 Å². The predicted molar refractivity (Wildman–Crippen MR) is 97.7 cm³/mol. The quantitative estimate of drug-likeness (QED) is 0.727. The van der Waals surface area contributed by atoms with Crippen LogP contribution in [0.25, 0.3) is 15.5 Å². The molecule has 0 radical (unpaired) electrons. The molecule has 0 spiro atoms. The maximum atomic E-state index is 4.81. The molecule has 126 valence electrons. The number of hydrogen-bond donors (Lipinski definition) is 0. The standard InChI is InChI=1S/C18H23N5S/c1-12(2)13-4-6-15(7-5-13)17-21-23-16(19-20-18(23)24-17)14-8-10-22(3)11-9-14/h4-7,12,14H,8-11H2,1-3H3. The highest BCUT2D eigenvalue weighted by Gasteiger charge is 2.24. The molecule has 1 saturated heterocycles. The summed E-state index contributed by atoms with van der Waals surface area (Å²) < 4.78 is 1.96. The second kappa shape index (κ2) is 6.26. The van der Waals surface area contributed by atoms with Crippen LogP contribution in [0.2, 0.25) is 0 Å². The molecule has 0 bridgehead atoms. The molecule has 0 aliphatic carbocycles. The van der Waals surface area contributed by atoms with Gasteiger partial charge in [-0.1, -0.05) is 49.4 Å². The molecule has 0 N–H and O–H groups in total. The van der Waals surface area contributed by atoms with E-state index in [0.29, 0.717) is 11.8 Å². The van der Waals surface area contributed by atoms with E-state index in [0.717, 1.165) is 47.3 Å². The largest absolute Gasteiger partial charge is 0.306 e. The Kier molecular flexibility index (Phi) is 4.10. The van der Waals surface area contributed by atoms with Crippen LogP contribution in [0, 0.1) is 0 Å². The van der Waals surface area contributed by atoms with Crippen molar-refractivity contribution in [2.75, 3.05) is 20.1 Å². The van der Waals surface area contributed by atoms with Crippen LogP contribution in [-0.4, -0.2) is 44.8 Å². The molecule has 3 heterocycles. The zero-order chi connectivity index (χ0) is 16.7. The minimum Gasteiger partial charge on any atom is -0.306 e. The number of aromatic nitrogens is 4. The highest BCUT2D eigenvalue weighted by atomic mass is 32.1. The van der Waals surface area contributed by atoms with E-state index in [2.05, 4.69) is 60.3 Å². The first-order valence-electron chi connectivity index (χ1n) is 8.63. The SMILES string of the molecule is CC(C)c1ccc(-c2nn3c(C4CCN(C)CC4)nnc3s2)cc1. The van der Waals surface area contributed by atoms with Crippen molar-refractivity contribution in [1.29, 1.82) is 0 Å². The van der Waals surface area contributed by atoms with Gasteiger partial charge in [-0.3, -0.25) is 0 Å². The van der Waals surface area contributed by atoms with Gasteiger partial charge in [-0.2, -0.15) is 9.61 Å². The zero-order valence-corrected chi connectivity index (χ0v) is 15.3.